The third-order valence-corrected chi connectivity index (χ3v) is 4.26. The number of halogens is 1. The Morgan fingerprint density at radius 1 is 1.12 bits per heavy atom. The maximum atomic E-state index is 13.4. The molecule has 24 heavy (non-hydrogen) atoms. The van der Waals surface area contributed by atoms with Gasteiger partial charge in [-0.15, -0.1) is 11.3 Å². The Kier molecular flexibility index (Phi) is 5.14. The van der Waals surface area contributed by atoms with Crippen molar-refractivity contribution in [1.82, 2.24) is 9.97 Å². The molecule has 0 aliphatic heterocycles. The van der Waals surface area contributed by atoms with Crippen LogP contribution in [0.5, 0.6) is 5.75 Å². The number of benzene rings is 1. The molecule has 0 amide bonds. The van der Waals surface area contributed by atoms with Gasteiger partial charge in [-0.25, -0.2) is 9.37 Å². The maximum absolute atomic E-state index is 13.4. The van der Waals surface area contributed by atoms with Crippen LogP contribution in [0.1, 0.15) is 16.8 Å². The Balaban J connectivity index is 1.78. The zero-order valence-corrected chi connectivity index (χ0v) is 13.5. The molecule has 3 aromatic rings. The molecule has 0 saturated carbocycles. The zero-order chi connectivity index (χ0) is 16.9. The lowest BCUT2D eigenvalue weighted by Gasteiger charge is -2.13. The molecule has 0 saturated heterocycles. The highest BCUT2D eigenvalue weighted by molar-refractivity contribution is 7.13. The molecular formula is C17H15FN2O3S. The summed E-state index contributed by atoms with van der Waals surface area (Å²) in [6.07, 6.45) is 1.70. The smallest absolute Gasteiger partial charge is 0.142 e. The van der Waals surface area contributed by atoms with E-state index in [-0.39, 0.29) is 25.6 Å². The van der Waals surface area contributed by atoms with Gasteiger partial charge in [0.1, 0.15) is 23.2 Å². The number of thiazole rings is 1. The van der Waals surface area contributed by atoms with Crippen molar-refractivity contribution in [2.45, 2.75) is 19.8 Å². The van der Waals surface area contributed by atoms with Crippen LogP contribution in [-0.2, 0) is 19.8 Å². The molecule has 0 unspecified atom stereocenters. The summed E-state index contributed by atoms with van der Waals surface area (Å²) in [7, 11) is 0. The van der Waals surface area contributed by atoms with E-state index >= 15 is 0 Å². The van der Waals surface area contributed by atoms with E-state index in [1.807, 2.05) is 23.6 Å². The van der Waals surface area contributed by atoms with Crippen LogP contribution < -0.4 is 4.74 Å². The predicted molar refractivity (Wildman–Crippen MR) is 87.9 cm³/mol. The van der Waals surface area contributed by atoms with Gasteiger partial charge in [0.25, 0.3) is 0 Å². The number of pyridine rings is 1. The van der Waals surface area contributed by atoms with E-state index < -0.39 is 5.82 Å². The fourth-order valence-electron chi connectivity index (χ4n) is 2.26. The van der Waals surface area contributed by atoms with E-state index in [4.69, 9.17) is 4.74 Å². The molecule has 3 rings (SSSR count). The lowest BCUT2D eigenvalue weighted by Crippen LogP contribution is -2.04. The molecule has 0 atom stereocenters. The highest BCUT2D eigenvalue weighted by Gasteiger charge is 2.13. The van der Waals surface area contributed by atoms with Gasteiger partial charge in [-0.2, -0.15) is 0 Å². The monoisotopic (exact) mass is 346 g/mol. The van der Waals surface area contributed by atoms with Crippen LogP contribution in [0.4, 0.5) is 4.39 Å². The molecule has 0 spiro atoms. The van der Waals surface area contributed by atoms with Crippen LogP contribution in [0.2, 0.25) is 0 Å². The fourth-order valence-corrected chi connectivity index (χ4v) is 3.04. The number of aromatic nitrogens is 2. The Labute approximate surface area is 142 Å². The summed E-state index contributed by atoms with van der Waals surface area (Å²) in [4.78, 5) is 8.70. The largest absolute Gasteiger partial charge is 0.487 e. The highest BCUT2D eigenvalue weighted by atomic mass is 32.1. The Morgan fingerprint density at radius 2 is 1.88 bits per heavy atom. The first kappa shape index (κ1) is 16.5. The summed E-state index contributed by atoms with van der Waals surface area (Å²) in [6, 6.07) is 7.98. The second-order valence-corrected chi connectivity index (χ2v) is 5.88. The molecule has 2 aromatic heterocycles. The Bertz CT molecular complexity index is 799. The minimum Gasteiger partial charge on any atom is -0.487 e. The number of ether oxygens (including phenoxy) is 1. The quantitative estimate of drug-likeness (QED) is 0.718. The SMILES string of the molecule is OCc1cc(F)cc(CO)c1OCc1csc(-c2ccccn2)n1. The van der Waals surface area contributed by atoms with Crippen LogP contribution >= 0.6 is 11.3 Å². The average Bonchev–Trinajstić information content (AvgIpc) is 3.09. The molecule has 0 bridgehead atoms. The minimum atomic E-state index is -0.526. The highest BCUT2D eigenvalue weighted by Crippen LogP contribution is 2.28. The summed E-state index contributed by atoms with van der Waals surface area (Å²) in [6.45, 7) is -0.609. The molecule has 0 aliphatic rings. The van der Waals surface area contributed by atoms with E-state index in [0.717, 1.165) is 10.7 Å². The second-order valence-electron chi connectivity index (χ2n) is 5.02. The molecular weight excluding hydrogens is 331 g/mol. The van der Waals surface area contributed by atoms with Crippen molar-refractivity contribution in [3.8, 4) is 16.5 Å². The van der Waals surface area contributed by atoms with Crippen molar-refractivity contribution in [2.75, 3.05) is 0 Å². The lowest BCUT2D eigenvalue weighted by molar-refractivity contribution is 0.240. The average molecular weight is 346 g/mol. The fraction of sp³-hybridized carbons (Fsp3) is 0.176. The summed E-state index contributed by atoms with van der Waals surface area (Å²) < 4.78 is 19.1. The second kappa shape index (κ2) is 7.48. The van der Waals surface area contributed by atoms with E-state index in [9.17, 15) is 14.6 Å². The van der Waals surface area contributed by atoms with Gasteiger partial charge in [-0.1, -0.05) is 6.07 Å². The van der Waals surface area contributed by atoms with Gasteiger partial charge in [0.05, 0.1) is 24.6 Å². The van der Waals surface area contributed by atoms with Crippen molar-refractivity contribution in [1.29, 1.82) is 0 Å². The van der Waals surface area contributed by atoms with Crippen LogP contribution in [0.3, 0.4) is 0 Å². The number of aliphatic hydroxyl groups is 2. The van der Waals surface area contributed by atoms with Gasteiger partial charge in [0.15, 0.2) is 0 Å². The van der Waals surface area contributed by atoms with Crippen molar-refractivity contribution in [3.05, 3.63) is 64.5 Å². The van der Waals surface area contributed by atoms with Crippen LogP contribution in [-0.4, -0.2) is 20.2 Å². The van der Waals surface area contributed by atoms with E-state index in [2.05, 4.69) is 9.97 Å². The third-order valence-electron chi connectivity index (χ3n) is 3.35. The first-order chi connectivity index (χ1) is 11.7. The summed E-state index contributed by atoms with van der Waals surface area (Å²) in [5.74, 6) is -0.240. The molecule has 2 N–H and O–H groups in total. The van der Waals surface area contributed by atoms with Crippen molar-refractivity contribution >= 4 is 11.3 Å². The van der Waals surface area contributed by atoms with Gasteiger partial charge in [-0.05, 0) is 24.3 Å². The Morgan fingerprint density at radius 3 is 2.50 bits per heavy atom. The molecule has 7 heteroatoms. The number of nitrogens with zero attached hydrogens (tertiary/aromatic N) is 2. The Hall–Kier alpha value is -2.35. The number of aliphatic hydroxyl groups excluding tert-OH is 2. The summed E-state index contributed by atoms with van der Waals surface area (Å²) in [5, 5.41) is 21.4. The minimum absolute atomic E-state index is 0.148. The third kappa shape index (κ3) is 3.59. The van der Waals surface area contributed by atoms with E-state index in [1.165, 1.54) is 23.5 Å². The summed E-state index contributed by atoms with van der Waals surface area (Å²) in [5.41, 5.74) is 2.05. The number of hydrogen-bond donors (Lipinski definition) is 2. The topological polar surface area (TPSA) is 75.5 Å². The number of hydrogen-bond acceptors (Lipinski definition) is 6. The predicted octanol–water partition coefficient (Wildman–Crippen LogP) is 2.91. The normalized spacial score (nSPS) is 10.8. The maximum Gasteiger partial charge on any atom is 0.142 e. The van der Waals surface area contributed by atoms with Crippen molar-refractivity contribution in [3.63, 3.8) is 0 Å². The van der Waals surface area contributed by atoms with Gasteiger partial charge in [0.2, 0.25) is 0 Å². The standard InChI is InChI=1S/C17H15FN2O3S/c18-13-5-11(7-21)16(12(6-13)8-22)23-9-14-10-24-17(20-14)15-3-1-2-4-19-15/h1-6,10,21-22H,7-9H2. The van der Waals surface area contributed by atoms with Crippen LogP contribution in [0.15, 0.2) is 41.9 Å². The van der Waals surface area contributed by atoms with Crippen LogP contribution in [0, 0.1) is 5.82 Å². The molecule has 124 valence electrons. The van der Waals surface area contributed by atoms with Crippen molar-refractivity contribution < 1.29 is 19.3 Å². The number of rotatable bonds is 6. The van der Waals surface area contributed by atoms with Gasteiger partial charge in [-0.3, -0.25) is 4.98 Å². The molecule has 0 aliphatic carbocycles. The van der Waals surface area contributed by atoms with Gasteiger partial charge >= 0.3 is 0 Å². The van der Waals surface area contributed by atoms with E-state index in [0.29, 0.717) is 16.8 Å². The zero-order valence-electron chi connectivity index (χ0n) is 12.6. The van der Waals surface area contributed by atoms with Crippen molar-refractivity contribution in [2.24, 2.45) is 0 Å². The molecule has 2 heterocycles. The summed E-state index contributed by atoms with van der Waals surface area (Å²) >= 11 is 1.45. The van der Waals surface area contributed by atoms with Crippen LogP contribution in [0.25, 0.3) is 10.7 Å². The van der Waals surface area contributed by atoms with Gasteiger partial charge in [0, 0.05) is 22.7 Å². The van der Waals surface area contributed by atoms with Gasteiger partial charge < -0.3 is 14.9 Å². The first-order valence-electron chi connectivity index (χ1n) is 7.23. The molecule has 5 nitrogen and oxygen atoms in total. The lowest BCUT2D eigenvalue weighted by atomic mass is 10.1. The molecule has 0 fully saturated rings. The molecule has 1 aromatic carbocycles. The first-order valence-corrected chi connectivity index (χ1v) is 8.11. The van der Waals surface area contributed by atoms with E-state index in [1.54, 1.807) is 6.20 Å². The molecule has 0 radical (unpaired) electrons.